The van der Waals surface area contributed by atoms with Gasteiger partial charge in [-0.25, -0.2) is 14.6 Å². The SMILES string of the molecule is C=CC(=O)N1CC2CC(n3nc(-c4ccc(CN5Cc6ccccc6S5(O)O)cc4)c4c(N)ncnc43)CC2C1. The van der Waals surface area contributed by atoms with Gasteiger partial charge >= 0.3 is 0 Å². The molecule has 1 aliphatic carbocycles. The lowest BCUT2D eigenvalue weighted by Gasteiger charge is -2.37. The summed E-state index contributed by atoms with van der Waals surface area (Å²) in [5.74, 6) is 1.25. The van der Waals surface area contributed by atoms with Crippen LogP contribution in [0.1, 0.15) is 30.0 Å². The van der Waals surface area contributed by atoms with Gasteiger partial charge in [0.05, 0.1) is 16.3 Å². The molecule has 4 aromatic rings. The topological polar surface area (TPSA) is 134 Å². The molecule has 4 N–H and O–H groups in total. The van der Waals surface area contributed by atoms with Crippen LogP contribution in [-0.2, 0) is 17.9 Å². The van der Waals surface area contributed by atoms with E-state index in [1.807, 2.05) is 52.0 Å². The van der Waals surface area contributed by atoms with Crippen molar-refractivity contribution >= 4 is 33.5 Å². The molecular weight excluding hydrogens is 526 g/mol. The van der Waals surface area contributed by atoms with Crippen LogP contribution in [-0.4, -0.2) is 57.1 Å². The largest absolute Gasteiger partial charge is 0.383 e. The number of fused-ring (bicyclic) bond motifs is 3. The van der Waals surface area contributed by atoms with E-state index in [0.717, 1.165) is 59.3 Å². The number of benzene rings is 2. The average Bonchev–Trinajstić information content (AvgIpc) is 3.69. The molecule has 0 bridgehead atoms. The van der Waals surface area contributed by atoms with Gasteiger partial charge in [-0.1, -0.05) is 49.0 Å². The van der Waals surface area contributed by atoms with Gasteiger partial charge in [0.1, 0.15) is 17.8 Å². The summed E-state index contributed by atoms with van der Waals surface area (Å²) < 4.78 is 25.5. The molecule has 2 aromatic heterocycles. The minimum Gasteiger partial charge on any atom is -0.383 e. The summed E-state index contributed by atoms with van der Waals surface area (Å²) in [5, 5.41) is 5.77. The Morgan fingerprint density at radius 1 is 1.07 bits per heavy atom. The van der Waals surface area contributed by atoms with Crippen molar-refractivity contribution in [3.63, 3.8) is 0 Å². The van der Waals surface area contributed by atoms with Gasteiger partial charge in [0, 0.05) is 31.7 Å². The maximum atomic E-state index is 12.1. The second kappa shape index (κ2) is 9.41. The summed E-state index contributed by atoms with van der Waals surface area (Å²) in [4.78, 5) is 23.4. The molecule has 0 radical (unpaired) electrons. The summed E-state index contributed by atoms with van der Waals surface area (Å²) in [6.07, 6.45) is 4.73. The quantitative estimate of drug-likeness (QED) is 0.301. The summed E-state index contributed by atoms with van der Waals surface area (Å²) in [6.45, 7) is 6.04. The van der Waals surface area contributed by atoms with Crippen molar-refractivity contribution in [2.45, 2.75) is 36.9 Å². The summed E-state index contributed by atoms with van der Waals surface area (Å²) in [6, 6.07) is 15.6. The van der Waals surface area contributed by atoms with Crippen LogP contribution in [0.4, 0.5) is 5.82 Å². The molecule has 206 valence electrons. The van der Waals surface area contributed by atoms with E-state index in [-0.39, 0.29) is 11.9 Å². The molecule has 11 heteroatoms. The van der Waals surface area contributed by atoms with Gasteiger partial charge in [0.25, 0.3) is 0 Å². The summed E-state index contributed by atoms with van der Waals surface area (Å²) in [5.41, 5.74) is 10.6. The molecule has 2 atom stereocenters. The lowest BCUT2D eigenvalue weighted by Crippen LogP contribution is -2.28. The number of likely N-dealkylation sites (tertiary alicyclic amines) is 1. The molecule has 1 saturated heterocycles. The minimum absolute atomic E-state index is 0.000999. The minimum atomic E-state index is -3.01. The van der Waals surface area contributed by atoms with Gasteiger partial charge in [0.15, 0.2) is 5.65 Å². The molecule has 10 nitrogen and oxygen atoms in total. The van der Waals surface area contributed by atoms with E-state index in [1.165, 1.54) is 12.4 Å². The predicted molar refractivity (Wildman–Crippen MR) is 154 cm³/mol. The fourth-order valence-corrected chi connectivity index (χ4v) is 8.34. The summed E-state index contributed by atoms with van der Waals surface area (Å²) in [7, 11) is -3.01. The van der Waals surface area contributed by atoms with Crippen LogP contribution in [0.15, 0.2) is 72.4 Å². The van der Waals surface area contributed by atoms with Crippen molar-refractivity contribution in [1.82, 2.24) is 29.0 Å². The maximum Gasteiger partial charge on any atom is 0.245 e. The zero-order valence-electron chi connectivity index (χ0n) is 21.9. The van der Waals surface area contributed by atoms with Gasteiger partial charge < -0.3 is 10.6 Å². The number of nitrogen functional groups attached to an aromatic ring is 1. The second-order valence-electron chi connectivity index (χ2n) is 11.0. The van der Waals surface area contributed by atoms with E-state index in [2.05, 4.69) is 16.5 Å². The van der Waals surface area contributed by atoms with E-state index in [0.29, 0.717) is 35.6 Å². The Labute approximate surface area is 233 Å². The second-order valence-corrected chi connectivity index (χ2v) is 13.0. The van der Waals surface area contributed by atoms with Crippen LogP contribution in [0.5, 0.6) is 0 Å². The first-order chi connectivity index (χ1) is 19.3. The Morgan fingerprint density at radius 3 is 2.50 bits per heavy atom. The highest BCUT2D eigenvalue weighted by molar-refractivity contribution is 8.22. The smallest absolute Gasteiger partial charge is 0.245 e. The highest BCUT2D eigenvalue weighted by Gasteiger charge is 2.43. The van der Waals surface area contributed by atoms with Gasteiger partial charge in [-0.15, -0.1) is 10.8 Å². The number of anilines is 1. The van der Waals surface area contributed by atoms with E-state index in [4.69, 9.17) is 10.8 Å². The Morgan fingerprint density at radius 2 is 1.80 bits per heavy atom. The molecule has 7 rings (SSSR count). The molecule has 1 saturated carbocycles. The molecule has 0 spiro atoms. The van der Waals surface area contributed by atoms with Gasteiger partial charge in [-0.2, -0.15) is 9.40 Å². The third-order valence-corrected chi connectivity index (χ3v) is 10.6. The van der Waals surface area contributed by atoms with Gasteiger partial charge in [-0.3, -0.25) is 13.9 Å². The normalized spacial score (nSPS) is 24.2. The van der Waals surface area contributed by atoms with Crippen LogP contribution in [0.2, 0.25) is 0 Å². The molecule has 4 heterocycles. The number of aromatic nitrogens is 4. The molecular formula is C29H31N7O3S. The first-order valence-electron chi connectivity index (χ1n) is 13.4. The molecule has 2 unspecified atom stereocenters. The third kappa shape index (κ3) is 4.00. The number of carbonyl (C=O) groups excluding carboxylic acids is 1. The van der Waals surface area contributed by atoms with E-state index in [9.17, 15) is 13.9 Å². The lowest BCUT2D eigenvalue weighted by atomic mass is 10.0. The van der Waals surface area contributed by atoms with Gasteiger partial charge in [0.2, 0.25) is 5.91 Å². The standard InChI is InChI=1S/C29H31N7O3S/c1-2-25(37)34-14-21-11-23(12-22(21)15-34)36-29-26(28(30)31-17-32-29)27(33-36)19-9-7-18(8-10-19)13-35-16-20-5-3-4-6-24(20)40(35,38)39/h2-10,17,21-23,38-39H,1,11-16H2,(H2,30,31,32). The first-order valence-corrected chi connectivity index (χ1v) is 14.9. The highest BCUT2D eigenvalue weighted by Crippen LogP contribution is 2.59. The van der Waals surface area contributed by atoms with Crippen molar-refractivity contribution in [3.8, 4) is 11.3 Å². The highest BCUT2D eigenvalue weighted by atomic mass is 32.3. The van der Waals surface area contributed by atoms with Crippen LogP contribution in [0.3, 0.4) is 0 Å². The zero-order valence-corrected chi connectivity index (χ0v) is 22.7. The monoisotopic (exact) mass is 557 g/mol. The van der Waals surface area contributed by atoms with Crippen LogP contribution < -0.4 is 5.73 Å². The summed E-state index contributed by atoms with van der Waals surface area (Å²) >= 11 is 0. The van der Waals surface area contributed by atoms with Gasteiger partial charge in [-0.05, 0) is 47.9 Å². The Balaban J connectivity index is 1.15. The maximum absolute atomic E-state index is 12.1. The van der Waals surface area contributed by atoms with Crippen molar-refractivity contribution in [2.75, 3.05) is 18.8 Å². The van der Waals surface area contributed by atoms with E-state index >= 15 is 0 Å². The molecule has 3 aliphatic rings. The van der Waals surface area contributed by atoms with E-state index < -0.39 is 10.8 Å². The van der Waals surface area contributed by atoms with Crippen LogP contribution in [0, 0.1) is 11.8 Å². The average molecular weight is 558 g/mol. The van der Waals surface area contributed by atoms with Crippen molar-refractivity contribution < 1.29 is 13.9 Å². The zero-order chi connectivity index (χ0) is 27.6. The number of nitrogens with two attached hydrogens (primary N) is 1. The molecule has 2 fully saturated rings. The number of hydrogen-bond acceptors (Lipinski definition) is 8. The Bertz CT molecular complexity index is 1620. The number of nitrogens with zero attached hydrogens (tertiary/aromatic N) is 6. The predicted octanol–water partition coefficient (Wildman–Crippen LogP) is 4.71. The Hall–Kier alpha value is -3.77. The van der Waals surface area contributed by atoms with E-state index in [1.54, 1.807) is 10.4 Å². The Kier molecular flexibility index (Phi) is 5.93. The number of amides is 1. The number of hydrogen-bond donors (Lipinski definition) is 3. The molecule has 40 heavy (non-hydrogen) atoms. The number of rotatable bonds is 5. The molecule has 2 aliphatic heterocycles. The van der Waals surface area contributed by atoms with Crippen LogP contribution in [0.25, 0.3) is 22.3 Å². The number of carbonyl (C=O) groups is 1. The molecule has 2 aromatic carbocycles. The van der Waals surface area contributed by atoms with Crippen molar-refractivity contribution in [1.29, 1.82) is 0 Å². The fourth-order valence-electron chi connectivity index (χ4n) is 6.67. The first kappa shape index (κ1) is 25.2. The van der Waals surface area contributed by atoms with Crippen molar-refractivity contribution in [3.05, 3.63) is 78.6 Å². The van der Waals surface area contributed by atoms with Crippen molar-refractivity contribution in [2.24, 2.45) is 11.8 Å². The third-order valence-electron chi connectivity index (χ3n) is 8.64. The fraction of sp³-hybridized carbons (Fsp3) is 0.310. The lowest BCUT2D eigenvalue weighted by molar-refractivity contribution is -0.125. The van der Waals surface area contributed by atoms with Crippen LogP contribution >= 0.6 is 10.8 Å². The molecule has 1 amide bonds.